The molecular formula is C17H27NO2S. The summed E-state index contributed by atoms with van der Waals surface area (Å²) in [5.41, 5.74) is 0.192. The van der Waals surface area contributed by atoms with E-state index in [-0.39, 0.29) is 11.5 Å². The Kier molecular flexibility index (Phi) is 4.79. The molecule has 1 aromatic rings. The molecule has 0 saturated heterocycles. The highest BCUT2D eigenvalue weighted by Crippen LogP contribution is 2.41. The summed E-state index contributed by atoms with van der Waals surface area (Å²) in [6.07, 6.45) is 3.02. The number of hydrogen-bond donors (Lipinski definition) is 1. The Hall–Kier alpha value is -0.870. The highest BCUT2D eigenvalue weighted by atomic mass is 32.2. The zero-order valence-electron chi connectivity index (χ0n) is 13.5. The van der Waals surface area contributed by atoms with E-state index in [0.29, 0.717) is 16.7 Å². The van der Waals surface area contributed by atoms with Gasteiger partial charge in [-0.2, -0.15) is 0 Å². The first-order chi connectivity index (χ1) is 9.70. The summed E-state index contributed by atoms with van der Waals surface area (Å²) in [6, 6.07) is 8.68. The minimum Gasteiger partial charge on any atom is -0.208 e. The zero-order chi connectivity index (χ0) is 15.7. The highest BCUT2D eigenvalue weighted by molar-refractivity contribution is 7.89. The Morgan fingerprint density at radius 1 is 1.14 bits per heavy atom. The molecule has 2 unspecified atom stereocenters. The van der Waals surface area contributed by atoms with Gasteiger partial charge in [-0.1, -0.05) is 45.9 Å². The van der Waals surface area contributed by atoms with E-state index in [1.165, 1.54) is 6.42 Å². The molecule has 118 valence electrons. The van der Waals surface area contributed by atoms with E-state index in [9.17, 15) is 8.42 Å². The molecule has 1 saturated carbocycles. The number of sulfonamides is 1. The molecule has 0 aliphatic heterocycles. The number of benzene rings is 1. The lowest BCUT2D eigenvalue weighted by atomic mass is 9.67. The van der Waals surface area contributed by atoms with Crippen LogP contribution in [0.15, 0.2) is 35.2 Å². The first-order valence-corrected chi connectivity index (χ1v) is 9.25. The molecule has 2 atom stereocenters. The molecule has 0 bridgehead atoms. The van der Waals surface area contributed by atoms with Crippen LogP contribution in [0, 0.1) is 17.3 Å². The van der Waals surface area contributed by atoms with Crippen LogP contribution in [-0.4, -0.2) is 14.5 Å². The third-order valence-corrected chi connectivity index (χ3v) is 6.06. The molecular weight excluding hydrogens is 282 g/mol. The van der Waals surface area contributed by atoms with Gasteiger partial charge in [-0.25, -0.2) is 13.1 Å². The van der Waals surface area contributed by atoms with Crippen LogP contribution >= 0.6 is 0 Å². The van der Waals surface area contributed by atoms with Crippen LogP contribution in [0.1, 0.15) is 47.0 Å². The molecule has 1 aliphatic carbocycles. The maximum absolute atomic E-state index is 12.5. The second kappa shape index (κ2) is 6.09. The van der Waals surface area contributed by atoms with Gasteiger partial charge >= 0.3 is 0 Å². The molecule has 1 fully saturated rings. The van der Waals surface area contributed by atoms with Crippen LogP contribution in [0.25, 0.3) is 0 Å². The Morgan fingerprint density at radius 2 is 1.76 bits per heavy atom. The summed E-state index contributed by atoms with van der Waals surface area (Å²) in [5.74, 6) is 1.17. The van der Waals surface area contributed by atoms with Gasteiger partial charge in [0, 0.05) is 6.04 Å². The minimum atomic E-state index is -3.41. The van der Waals surface area contributed by atoms with Gasteiger partial charge in [0.25, 0.3) is 0 Å². The van der Waals surface area contributed by atoms with Gasteiger partial charge in [0.2, 0.25) is 10.0 Å². The van der Waals surface area contributed by atoms with Crippen LogP contribution in [-0.2, 0) is 10.0 Å². The molecule has 0 aromatic heterocycles. The van der Waals surface area contributed by atoms with Crippen molar-refractivity contribution in [3.8, 4) is 0 Å². The average molecular weight is 309 g/mol. The Balaban J connectivity index is 2.15. The molecule has 1 aliphatic rings. The van der Waals surface area contributed by atoms with E-state index >= 15 is 0 Å². The topological polar surface area (TPSA) is 46.2 Å². The van der Waals surface area contributed by atoms with Crippen molar-refractivity contribution in [1.29, 1.82) is 0 Å². The van der Waals surface area contributed by atoms with Gasteiger partial charge in [-0.05, 0) is 48.6 Å². The molecule has 0 radical (unpaired) electrons. The highest BCUT2D eigenvalue weighted by Gasteiger charge is 2.36. The maximum Gasteiger partial charge on any atom is 0.240 e. The van der Waals surface area contributed by atoms with Crippen molar-refractivity contribution in [2.45, 2.75) is 57.9 Å². The third-order valence-electron chi connectivity index (χ3n) is 4.52. The van der Waals surface area contributed by atoms with Crippen LogP contribution < -0.4 is 4.72 Å². The Bertz CT molecular complexity index is 564. The van der Waals surface area contributed by atoms with Gasteiger partial charge in [-0.3, -0.25) is 0 Å². The fourth-order valence-corrected chi connectivity index (χ4v) is 4.75. The third kappa shape index (κ3) is 4.30. The molecule has 2 rings (SSSR count). The summed E-state index contributed by atoms with van der Waals surface area (Å²) in [5, 5.41) is 0. The quantitative estimate of drug-likeness (QED) is 0.919. The van der Waals surface area contributed by atoms with Gasteiger partial charge in [0.1, 0.15) is 0 Å². The van der Waals surface area contributed by atoms with E-state index in [1.54, 1.807) is 24.3 Å². The standard InChI is InChI=1S/C17H27NO2S/c1-13(2)14-10-15(12-17(3,4)11-14)18-21(19,20)16-8-6-5-7-9-16/h5-9,13-15,18H,10-12H2,1-4H3. The summed E-state index contributed by atoms with van der Waals surface area (Å²) in [7, 11) is -3.41. The largest absolute Gasteiger partial charge is 0.240 e. The van der Waals surface area contributed by atoms with Crippen molar-refractivity contribution in [2.75, 3.05) is 0 Å². The molecule has 0 amide bonds. The molecule has 4 heteroatoms. The van der Waals surface area contributed by atoms with Crippen molar-refractivity contribution >= 4 is 10.0 Å². The second-order valence-electron chi connectivity index (χ2n) is 7.44. The van der Waals surface area contributed by atoms with E-state index in [2.05, 4.69) is 32.4 Å². The maximum atomic E-state index is 12.5. The molecule has 3 nitrogen and oxygen atoms in total. The van der Waals surface area contributed by atoms with Gasteiger partial charge in [0.15, 0.2) is 0 Å². The van der Waals surface area contributed by atoms with Crippen molar-refractivity contribution in [2.24, 2.45) is 17.3 Å². The van der Waals surface area contributed by atoms with Gasteiger partial charge in [-0.15, -0.1) is 0 Å². The van der Waals surface area contributed by atoms with E-state index in [0.717, 1.165) is 12.8 Å². The number of hydrogen-bond acceptors (Lipinski definition) is 2. The second-order valence-corrected chi connectivity index (χ2v) is 9.16. The molecule has 1 N–H and O–H groups in total. The molecule has 0 spiro atoms. The van der Waals surface area contributed by atoms with Crippen molar-refractivity contribution in [3.05, 3.63) is 30.3 Å². The molecule has 0 heterocycles. The Labute approximate surface area is 129 Å². The zero-order valence-corrected chi connectivity index (χ0v) is 14.3. The summed E-state index contributed by atoms with van der Waals surface area (Å²) >= 11 is 0. The normalized spacial score (nSPS) is 26.0. The van der Waals surface area contributed by atoms with Crippen LogP contribution in [0.5, 0.6) is 0 Å². The SMILES string of the molecule is CC(C)C1CC(NS(=O)(=O)c2ccccc2)CC(C)(C)C1. The summed E-state index contributed by atoms with van der Waals surface area (Å²) < 4.78 is 27.9. The molecule has 1 aromatic carbocycles. The fourth-order valence-electron chi connectivity index (χ4n) is 3.48. The monoisotopic (exact) mass is 309 g/mol. The van der Waals surface area contributed by atoms with Crippen LogP contribution in [0.4, 0.5) is 0 Å². The summed E-state index contributed by atoms with van der Waals surface area (Å²) in [4.78, 5) is 0.356. The minimum absolute atomic E-state index is 0.0337. The fraction of sp³-hybridized carbons (Fsp3) is 0.647. The lowest BCUT2D eigenvalue weighted by molar-refractivity contribution is 0.123. The predicted molar refractivity (Wildman–Crippen MR) is 86.5 cm³/mol. The molecule has 21 heavy (non-hydrogen) atoms. The predicted octanol–water partition coefficient (Wildman–Crippen LogP) is 3.82. The van der Waals surface area contributed by atoms with Gasteiger partial charge in [0.05, 0.1) is 4.90 Å². The number of rotatable bonds is 4. The van der Waals surface area contributed by atoms with Crippen molar-refractivity contribution in [3.63, 3.8) is 0 Å². The average Bonchev–Trinajstić information content (AvgIpc) is 2.37. The smallest absolute Gasteiger partial charge is 0.208 e. The van der Waals surface area contributed by atoms with Crippen molar-refractivity contribution in [1.82, 2.24) is 4.72 Å². The summed E-state index contributed by atoms with van der Waals surface area (Å²) in [6.45, 7) is 8.94. The van der Waals surface area contributed by atoms with Crippen molar-refractivity contribution < 1.29 is 8.42 Å². The number of nitrogens with one attached hydrogen (secondary N) is 1. The van der Waals surface area contributed by atoms with Crippen LogP contribution in [0.3, 0.4) is 0 Å². The first kappa shape index (κ1) is 16.5. The first-order valence-electron chi connectivity index (χ1n) is 7.77. The lowest BCUT2D eigenvalue weighted by Crippen LogP contribution is -2.44. The van der Waals surface area contributed by atoms with E-state index < -0.39 is 10.0 Å². The van der Waals surface area contributed by atoms with E-state index in [4.69, 9.17) is 0 Å². The Morgan fingerprint density at radius 3 is 2.33 bits per heavy atom. The van der Waals surface area contributed by atoms with E-state index in [1.807, 2.05) is 6.07 Å². The van der Waals surface area contributed by atoms with Gasteiger partial charge < -0.3 is 0 Å². The van der Waals surface area contributed by atoms with Crippen LogP contribution in [0.2, 0.25) is 0 Å². The lowest BCUT2D eigenvalue weighted by Gasteiger charge is -2.42.